The van der Waals surface area contributed by atoms with Gasteiger partial charge in [0.2, 0.25) is 0 Å². The van der Waals surface area contributed by atoms with E-state index in [9.17, 15) is 19.5 Å². The number of likely N-dealkylation sites (N-methyl/N-ethyl adjacent to an activating group) is 1. The van der Waals surface area contributed by atoms with Crippen molar-refractivity contribution in [3.05, 3.63) is 85.1 Å². The minimum Gasteiger partial charge on any atom is -0.545 e. The maximum Gasteiger partial charge on any atom is 0.306 e. The predicted octanol–water partition coefficient (Wildman–Crippen LogP) is 22.5. The fraction of sp³-hybridized carbons (Fsp3) is 0.787. The van der Waals surface area contributed by atoms with E-state index in [1.54, 1.807) is 0 Å². The largest absolute Gasteiger partial charge is 0.545 e. The van der Waals surface area contributed by atoms with Crippen LogP contribution < -0.4 is 5.11 Å². The number of carboxylic acids is 1. The summed E-state index contributed by atoms with van der Waals surface area (Å²) in [4.78, 5) is 37.6. The van der Waals surface area contributed by atoms with E-state index in [1.165, 1.54) is 238 Å². The molecule has 0 radical (unpaired) electrons. The Bertz CT molecular complexity index is 1740. The van der Waals surface area contributed by atoms with E-state index >= 15 is 0 Å². The van der Waals surface area contributed by atoms with Crippen molar-refractivity contribution in [1.29, 1.82) is 0 Å². The number of ether oxygens (including phenoxy) is 4. The lowest BCUT2D eigenvalue weighted by Gasteiger charge is -2.26. The highest BCUT2D eigenvalue weighted by Crippen LogP contribution is 2.18. The van der Waals surface area contributed by atoms with Crippen LogP contribution in [0, 0.1) is 0 Å². The maximum atomic E-state index is 13.0. The molecule has 0 saturated carbocycles. The highest BCUT2D eigenvalue weighted by atomic mass is 16.7. The number of esters is 2. The van der Waals surface area contributed by atoms with Gasteiger partial charge in [-0.25, -0.2) is 0 Å². The van der Waals surface area contributed by atoms with Crippen LogP contribution in [-0.4, -0.2) is 82.3 Å². The molecule has 89 heavy (non-hydrogen) atoms. The summed E-state index contributed by atoms with van der Waals surface area (Å²) in [6.45, 7) is 4.67. The number of carbonyl (C=O) groups excluding carboxylic acids is 3. The van der Waals surface area contributed by atoms with Crippen LogP contribution in [0.4, 0.5) is 0 Å². The van der Waals surface area contributed by atoms with Crippen molar-refractivity contribution < 1.29 is 42.9 Å². The summed E-state index contributed by atoms with van der Waals surface area (Å²) >= 11 is 0. The van der Waals surface area contributed by atoms with Crippen molar-refractivity contribution in [2.75, 3.05) is 47.5 Å². The number of nitrogens with zero attached hydrogens (tertiary/aromatic N) is 1. The van der Waals surface area contributed by atoms with Crippen LogP contribution in [0.25, 0.3) is 0 Å². The SMILES string of the molecule is CC/C=C\C/C=C\C/C=C\C/C=C\C/C=C\CCCCCCCCCCCCCCCCCC(=O)OC(COC(=O)CCCCCCCCCCCCCCCCCCCCCCC/C=C\C/C=C\CCCCCCC)COC(OCC[N+](C)(C)C)C(=O)[O-]. The fourth-order valence-corrected chi connectivity index (χ4v) is 10.9. The molecule has 0 aromatic carbocycles. The number of hydrogen-bond acceptors (Lipinski definition) is 8. The summed E-state index contributed by atoms with van der Waals surface area (Å²) in [5.41, 5.74) is 0. The number of hydrogen-bond donors (Lipinski definition) is 0. The summed E-state index contributed by atoms with van der Waals surface area (Å²) in [6.07, 6.45) is 92.6. The molecule has 516 valence electrons. The van der Waals surface area contributed by atoms with Gasteiger partial charge in [0.25, 0.3) is 0 Å². The Balaban J connectivity index is 4.04. The van der Waals surface area contributed by atoms with Gasteiger partial charge in [-0.3, -0.25) is 9.59 Å². The molecule has 0 aromatic heterocycles. The van der Waals surface area contributed by atoms with Crippen LogP contribution in [0.15, 0.2) is 85.1 Å². The monoisotopic (exact) mass is 1250 g/mol. The molecular weight excluding hydrogens is 1100 g/mol. The minimum atomic E-state index is -1.62. The molecule has 0 fully saturated rings. The van der Waals surface area contributed by atoms with E-state index < -0.39 is 24.3 Å². The third kappa shape index (κ3) is 71.8. The van der Waals surface area contributed by atoms with Crippen LogP contribution in [0.2, 0.25) is 0 Å². The van der Waals surface area contributed by atoms with Gasteiger partial charge in [-0.05, 0) is 89.9 Å². The number of allylic oxidation sites excluding steroid dienone is 14. The van der Waals surface area contributed by atoms with Gasteiger partial charge in [-0.15, -0.1) is 0 Å². The van der Waals surface area contributed by atoms with Gasteiger partial charge in [0, 0.05) is 12.8 Å². The highest BCUT2D eigenvalue weighted by Gasteiger charge is 2.22. The Labute approximate surface area is 550 Å². The summed E-state index contributed by atoms with van der Waals surface area (Å²) in [6, 6.07) is 0. The van der Waals surface area contributed by atoms with Crippen LogP contribution in [-0.2, 0) is 33.3 Å². The number of unbranched alkanes of at least 4 members (excludes halogenated alkanes) is 41. The van der Waals surface area contributed by atoms with Gasteiger partial charge in [0.1, 0.15) is 13.2 Å². The molecule has 0 spiro atoms. The number of rotatable bonds is 70. The first-order valence-corrected chi connectivity index (χ1v) is 37.7. The third-order valence-corrected chi connectivity index (χ3v) is 16.6. The highest BCUT2D eigenvalue weighted by molar-refractivity contribution is 5.70. The molecule has 2 unspecified atom stereocenters. The second kappa shape index (κ2) is 70.3. The number of quaternary nitrogens is 1. The molecule has 2 atom stereocenters. The first-order chi connectivity index (χ1) is 43.6. The molecule has 0 aliphatic carbocycles. The van der Waals surface area contributed by atoms with Crippen LogP contribution in [0.1, 0.15) is 348 Å². The molecule has 9 heteroatoms. The van der Waals surface area contributed by atoms with Crippen molar-refractivity contribution in [3.8, 4) is 0 Å². The molecule has 0 heterocycles. The fourth-order valence-electron chi connectivity index (χ4n) is 10.9. The Morgan fingerprint density at radius 1 is 0.348 bits per heavy atom. The summed E-state index contributed by atoms with van der Waals surface area (Å²) < 4.78 is 22.9. The molecule has 0 bridgehead atoms. The standard InChI is InChI=1S/C80H143NO8/c1-6-8-10-12-14-16-18-20-22-24-26-28-30-32-34-36-38-39-41-42-44-46-48-50-52-54-56-58-60-62-64-66-68-70-77(82)87-74-76(75-88-80(79(84)85)86-73-72-81(3,4)5)89-78(83)71-69-67-65-63-61-59-57-55-53-51-49-47-45-43-40-37-35-33-31-29-27-25-23-21-19-17-15-13-11-9-7-2/h9,11,15,17-18,20-21,23-24,26-27,29,33,35,76,80H,6-8,10,12-14,16,19,22,25,28,30-32,34,36-75H2,1-5H3/b11-9-,17-15-,20-18-,23-21-,26-24-,29-27-,35-33-. The van der Waals surface area contributed by atoms with E-state index in [4.69, 9.17) is 18.9 Å². The predicted molar refractivity (Wildman–Crippen MR) is 380 cm³/mol. The first kappa shape index (κ1) is 85.5. The molecule has 0 rings (SSSR count). The number of carboxylic acid groups (broad SMARTS) is 1. The normalized spacial score (nSPS) is 13.1. The van der Waals surface area contributed by atoms with Gasteiger partial charge >= 0.3 is 11.9 Å². The third-order valence-electron chi connectivity index (χ3n) is 16.6. The van der Waals surface area contributed by atoms with E-state index in [0.29, 0.717) is 23.9 Å². The zero-order valence-electron chi connectivity index (χ0n) is 59.0. The minimum absolute atomic E-state index is 0.147. The quantitative estimate of drug-likeness (QED) is 0.0195. The summed E-state index contributed by atoms with van der Waals surface area (Å²) in [7, 11) is 5.94. The Hall–Kier alpha value is -3.53. The summed E-state index contributed by atoms with van der Waals surface area (Å²) in [5.74, 6) is -2.26. The Morgan fingerprint density at radius 2 is 0.640 bits per heavy atom. The molecule has 0 amide bonds. The van der Waals surface area contributed by atoms with Crippen molar-refractivity contribution in [2.24, 2.45) is 0 Å². The smallest absolute Gasteiger partial charge is 0.306 e. The van der Waals surface area contributed by atoms with E-state index in [2.05, 4.69) is 98.9 Å². The van der Waals surface area contributed by atoms with Crippen LogP contribution in [0.3, 0.4) is 0 Å². The molecule has 0 aliphatic rings. The maximum absolute atomic E-state index is 13.0. The number of aliphatic carboxylic acids is 1. The average molecular weight is 1250 g/mol. The Morgan fingerprint density at radius 3 is 0.955 bits per heavy atom. The second-order valence-electron chi connectivity index (χ2n) is 26.6. The molecule has 0 aromatic rings. The molecule has 0 saturated heterocycles. The van der Waals surface area contributed by atoms with Crippen LogP contribution in [0.5, 0.6) is 0 Å². The summed E-state index contributed by atoms with van der Waals surface area (Å²) in [5, 5.41) is 11.8. The van der Waals surface area contributed by atoms with Gasteiger partial charge in [0.05, 0.1) is 40.3 Å². The van der Waals surface area contributed by atoms with E-state index in [0.717, 1.165) is 77.0 Å². The van der Waals surface area contributed by atoms with Crippen molar-refractivity contribution >= 4 is 17.9 Å². The lowest BCUT2D eigenvalue weighted by molar-refractivity contribution is -0.870. The van der Waals surface area contributed by atoms with E-state index in [-0.39, 0.29) is 32.2 Å². The van der Waals surface area contributed by atoms with Crippen molar-refractivity contribution in [1.82, 2.24) is 0 Å². The molecule has 0 aliphatic heterocycles. The topological polar surface area (TPSA) is 111 Å². The molecule has 9 nitrogen and oxygen atoms in total. The lowest BCUT2D eigenvalue weighted by atomic mass is 10.0. The molecular formula is C80H143NO8. The average Bonchev–Trinajstić information content (AvgIpc) is 3.64. The zero-order chi connectivity index (χ0) is 64.7. The van der Waals surface area contributed by atoms with Crippen molar-refractivity contribution in [3.63, 3.8) is 0 Å². The zero-order valence-corrected chi connectivity index (χ0v) is 59.0. The van der Waals surface area contributed by atoms with Gasteiger partial charge in [-0.1, -0.05) is 330 Å². The first-order valence-electron chi connectivity index (χ1n) is 37.7. The van der Waals surface area contributed by atoms with E-state index in [1.807, 2.05) is 21.1 Å². The second-order valence-corrected chi connectivity index (χ2v) is 26.6. The van der Waals surface area contributed by atoms with Crippen LogP contribution >= 0.6 is 0 Å². The molecule has 0 N–H and O–H groups in total. The van der Waals surface area contributed by atoms with Gasteiger partial charge < -0.3 is 33.3 Å². The van der Waals surface area contributed by atoms with Gasteiger partial charge in [-0.2, -0.15) is 0 Å². The Kier molecular flexibility index (Phi) is 67.6. The van der Waals surface area contributed by atoms with Crippen molar-refractivity contribution in [2.45, 2.75) is 360 Å². The number of carbonyl (C=O) groups is 3. The lowest BCUT2D eigenvalue weighted by Crippen LogP contribution is -2.44. The van der Waals surface area contributed by atoms with Gasteiger partial charge in [0.15, 0.2) is 12.4 Å².